The Labute approximate surface area is 235 Å². The number of hydrogen-bond donors (Lipinski definition) is 2. The summed E-state index contributed by atoms with van der Waals surface area (Å²) in [6.07, 6.45) is 21.7. The van der Waals surface area contributed by atoms with Gasteiger partial charge in [0, 0.05) is 12.6 Å². The lowest BCUT2D eigenvalue weighted by atomic mass is 9.62. The zero-order valence-electron chi connectivity index (χ0n) is 25.8. The van der Waals surface area contributed by atoms with Crippen LogP contribution in [0.3, 0.4) is 0 Å². The average molecular weight is 539 g/mol. The van der Waals surface area contributed by atoms with Crippen LogP contribution in [-0.4, -0.2) is 38.0 Å². The van der Waals surface area contributed by atoms with E-state index in [1.54, 1.807) is 0 Å². The molecule has 1 aliphatic carbocycles. The Bertz CT molecular complexity index is 625. The Hall–Kier alpha value is -1.46. The maximum atomic E-state index is 12.4. The summed E-state index contributed by atoms with van der Waals surface area (Å²) in [6.45, 7) is 12.7. The van der Waals surface area contributed by atoms with Crippen molar-refractivity contribution in [1.82, 2.24) is 10.6 Å². The molecule has 0 radical (unpaired) electrons. The molecule has 1 rings (SSSR count). The molecule has 2 atom stereocenters. The van der Waals surface area contributed by atoms with E-state index in [-0.39, 0.29) is 29.1 Å². The summed E-state index contributed by atoms with van der Waals surface area (Å²) in [5.74, 6) is 0. The van der Waals surface area contributed by atoms with E-state index in [4.69, 9.17) is 9.47 Å². The van der Waals surface area contributed by atoms with Gasteiger partial charge in [0.1, 0.15) is 0 Å². The van der Waals surface area contributed by atoms with Gasteiger partial charge in [-0.25, -0.2) is 9.59 Å². The number of nitrogens with one attached hydrogen (secondary N) is 2. The Morgan fingerprint density at radius 2 is 1.11 bits per heavy atom. The van der Waals surface area contributed by atoms with Crippen LogP contribution in [0, 0.1) is 10.8 Å². The maximum Gasteiger partial charge on any atom is 0.407 e. The second kappa shape index (κ2) is 20.4. The maximum absolute atomic E-state index is 12.4. The number of ether oxygens (including phenoxy) is 2. The largest absolute Gasteiger partial charge is 0.450 e. The summed E-state index contributed by atoms with van der Waals surface area (Å²) in [5.41, 5.74) is -0.0274. The van der Waals surface area contributed by atoms with Crippen LogP contribution in [0.15, 0.2) is 0 Å². The minimum Gasteiger partial charge on any atom is -0.450 e. The van der Waals surface area contributed by atoms with E-state index in [2.05, 4.69) is 45.3 Å². The SMILES string of the molecule is CCCCCCCCCCOC(=O)NCC1(C)CC(NC(=O)OCCCCCCCCCC)CC(C)(C)C1. The summed E-state index contributed by atoms with van der Waals surface area (Å²) in [7, 11) is 0. The van der Waals surface area contributed by atoms with Gasteiger partial charge in [-0.15, -0.1) is 0 Å². The number of carbonyl (C=O) groups is 2. The molecule has 1 saturated carbocycles. The Kier molecular flexibility index (Phi) is 18.6. The Morgan fingerprint density at radius 3 is 1.61 bits per heavy atom. The van der Waals surface area contributed by atoms with Crippen LogP contribution in [0.5, 0.6) is 0 Å². The van der Waals surface area contributed by atoms with Crippen molar-refractivity contribution in [2.45, 2.75) is 163 Å². The van der Waals surface area contributed by atoms with Crippen LogP contribution in [0.2, 0.25) is 0 Å². The van der Waals surface area contributed by atoms with Crippen molar-refractivity contribution in [3.05, 3.63) is 0 Å². The average Bonchev–Trinajstić information content (AvgIpc) is 2.84. The van der Waals surface area contributed by atoms with Crippen molar-refractivity contribution in [3.63, 3.8) is 0 Å². The van der Waals surface area contributed by atoms with E-state index in [1.807, 2.05) is 0 Å². The molecule has 2 unspecified atom stereocenters. The molecule has 0 saturated heterocycles. The molecule has 0 spiro atoms. The second-order valence-corrected chi connectivity index (χ2v) is 13.0. The van der Waals surface area contributed by atoms with Gasteiger partial charge >= 0.3 is 12.2 Å². The van der Waals surface area contributed by atoms with Crippen LogP contribution in [0.25, 0.3) is 0 Å². The van der Waals surface area contributed by atoms with Crippen molar-refractivity contribution in [2.24, 2.45) is 10.8 Å². The van der Waals surface area contributed by atoms with Gasteiger partial charge in [-0.2, -0.15) is 0 Å². The van der Waals surface area contributed by atoms with Crippen LogP contribution in [0.1, 0.15) is 157 Å². The molecular formula is C32H62N2O4. The molecule has 2 amide bonds. The second-order valence-electron chi connectivity index (χ2n) is 13.0. The number of carbonyl (C=O) groups excluding carboxylic acids is 2. The molecule has 224 valence electrons. The molecule has 0 aromatic carbocycles. The standard InChI is InChI=1S/C32H62N2O4/c1-6-8-10-12-14-16-18-20-22-37-29(35)33-27-32(5)25-28(24-31(3,4)26-32)34-30(36)38-23-21-19-17-15-13-11-9-7-2/h28H,6-27H2,1-5H3,(H,33,35)(H,34,36). The lowest BCUT2D eigenvalue weighted by molar-refractivity contribution is 0.0621. The van der Waals surface area contributed by atoms with Gasteiger partial charge in [0.25, 0.3) is 0 Å². The highest BCUT2D eigenvalue weighted by atomic mass is 16.6. The first-order valence-corrected chi connectivity index (χ1v) is 16.0. The lowest BCUT2D eigenvalue weighted by Crippen LogP contribution is -2.50. The number of unbranched alkanes of at least 4 members (excludes halogenated alkanes) is 14. The number of alkyl carbamates (subject to hydrolysis) is 2. The van der Waals surface area contributed by atoms with Gasteiger partial charge in [-0.1, -0.05) is 125 Å². The molecule has 38 heavy (non-hydrogen) atoms. The monoisotopic (exact) mass is 538 g/mol. The van der Waals surface area contributed by atoms with Gasteiger partial charge in [0.2, 0.25) is 0 Å². The number of amides is 2. The molecule has 0 heterocycles. The predicted octanol–water partition coefficient (Wildman–Crippen LogP) is 9.31. The smallest absolute Gasteiger partial charge is 0.407 e. The number of rotatable bonds is 21. The van der Waals surface area contributed by atoms with Gasteiger partial charge in [-0.05, 0) is 42.9 Å². The van der Waals surface area contributed by atoms with Crippen molar-refractivity contribution >= 4 is 12.2 Å². The van der Waals surface area contributed by atoms with Crippen molar-refractivity contribution in [3.8, 4) is 0 Å². The van der Waals surface area contributed by atoms with E-state index in [1.165, 1.54) is 77.0 Å². The summed E-state index contributed by atoms with van der Waals surface area (Å²) < 4.78 is 10.9. The molecule has 0 aromatic rings. The van der Waals surface area contributed by atoms with Crippen molar-refractivity contribution in [2.75, 3.05) is 19.8 Å². The Morgan fingerprint density at radius 1 is 0.658 bits per heavy atom. The third-order valence-electron chi connectivity index (χ3n) is 7.89. The predicted molar refractivity (Wildman–Crippen MR) is 159 cm³/mol. The fraction of sp³-hybridized carbons (Fsp3) is 0.938. The highest BCUT2D eigenvalue weighted by Gasteiger charge is 2.42. The fourth-order valence-corrected chi connectivity index (χ4v) is 6.22. The van der Waals surface area contributed by atoms with Crippen LogP contribution in [-0.2, 0) is 9.47 Å². The molecule has 1 fully saturated rings. The number of hydrogen-bond acceptors (Lipinski definition) is 4. The van der Waals surface area contributed by atoms with E-state index < -0.39 is 0 Å². The topological polar surface area (TPSA) is 76.7 Å². The molecule has 0 bridgehead atoms. The van der Waals surface area contributed by atoms with Crippen LogP contribution in [0.4, 0.5) is 9.59 Å². The molecule has 0 aromatic heterocycles. The van der Waals surface area contributed by atoms with Gasteiger partial charge in [0.15, 0.2) is 0 Å². The quantitative estimate of drug-likeness (QED) is 0.143. The summed E-state index contributed by atoms with van der Waals surface area (Å²) in [4.78, 5) is 24.7. The van der Waals surface area contributed by atoms with E-state index in [9.17, 15) is 9.59 Å². The first kappa shape index (κ1) is 34.6. The summed E-state index contributed by atoms with van der Waals surface area (Å²) in [6, 6.07) is 0.0463. The highest BCUT2D eigenvalue weighted by Crippen LogP contribution is 2.45. The third-order valence-corrected chi connectivity index (χ3v) is 7.89. The molecule has 6 nitrogen and oxygen atoms in total. The van der Waals surface area contributed by atoms with E-state index in [0.29, 0.717) is 19.8 Å². The van der Waals surface area contributed by atoms with Gasteiger partial charge in [0.05, 0.1) is 13.2 Å². The third kappa shape index (κ3) is 17.9. The Balaban J connectivity index is 2.24. The van der Waals surface area contributed by atoms with E-state index in [0.717, 1.165) is 44.9 Å². The summed E-state index contributed by atoms with van der Waals surface area (Å²) >= 11 is 0. The zero-order valence-corrected chi connectivity index (χ0v) is 25.8. The fourth-order valence-electron chi connectivity index (χ4n) is 6.22. The zero-order chi connectivity index (χ0) is 28.1. The molecule has 1 aliphatic rings. The first-order chi connectivity index (χ1) is 18.2. The molecule has 6 heteroatoms. The summed E-state index contributed by atoms with van der Waals surface area (Å²) in [5, 5.41) is 6.10. The van der Waals surface area contributed by atoms with Gasteiger partial charge in [-0.3, -0.25) is 0 Å². The first-order valence-electron chi connectivity index (χ1n) is 16.0. The van der Waals surface area contributed by atoms with Crippen molar-refractivity contribution < 1.29 is 19.1 Å². The van der Waals surface area contributed by atoms with Crippen LogP contribution >= 0.6 is 0 Å². The lowest BCUT2D eigenvalue weighted by Gasteiger charge is -2.46. The highest BCUT2D eigenvalue weighted by molar-refractivity contribution is 5.68. The van der Waals surface area contributed by atoms with E-state index >= 15 is 0 Å². The van der Waals surface area contributed by atoms with Crippen LogP contribution < -0.4 is 10.6 Å². The molecule has 0 aliphatic heterocycles. The molecule has 2 N–H and O–H groups in total. The minimum absolute atomic E-state index is 0.0463. The molecular weight excluding hydrogens is 476 g/mol. The minimum atomic E-state index is -0.327. The van der Waals surface area contributed by atoms with Gasteiger partial charge < -0.3 is 20.1 Å². The van der Waals surface area contributed by atoms with Crippen molar-refractivity contribution in [1.29, 1.82) is 0 Å². The normalized spacial score (nSPS) is 20.6.